The lowest BCUT2D eigenvalue weighted by Gasteiger charge is -2.23. The highest BCUT2D eigenvalue weighted by molar-refractivity contribution is 5.91. The van der Waals surface area contributed by atoms with Gasteiger partial charge < -0.3 is 19.5 Å². The highest BCUT2D eigenvalue weighted by atomic mass is 16.6. The Labute approximate surface area is 192 Å². The van der Waals surface area contributed by atoms with E-state index in [1.165, 1.54) is 7.11 Å². The summed E-state index contributed by atoms with van der Waals surface area (Å²) in [5.41, 5.74) is 1.92. The first kappa shape index (κ1) is 25.6. The maximum absolute atomic E-state index is 12.8. The number of carbonyl (C=O) groups is 3. The largest absolute Gasteiger partial charge is 0.468 e. The minimum Gasteiger partial charge on any atom is -0.468 e. The van der Waals surface area contributed by atoms with Crippen molar-refractivity contribution in [3.63, 3.8) is 0 Å². The van der Waals surface area contributed by atoms with E-state index in [9.17, 15) is 14.4 Å². The molecule has 0 fully saturated rings. The van der Waals surface area contributed by atoms with Gasteiger partial charge in [0.15, 0.2) is 11.9 Å². The second kappa shape index (κ2) is 10.7. The molecule has 0 aliphatic heterocycles. The molecule has 0 spiro atoms. The van der Waals surface area contributed by atoms with E-state index in [-0.39, 0.29) is 19.0 Å². The summed E-state index contributed by atoms with van der Waals surface area (Å²) in [6.45, 7) is 10.5. The molecule has 180 valence electrons. The number of tetrazole rings is 1. The number of carbonyl (C=O) groups excluding carboxylic acids is 3. The van der Waals surface area contributed by atoms with Crippen molar-refractivity contribution in [3.05, 3.63) is 29.1 Å². The van der Waals surface area contributed by atoms with Gasteiger partial charge in [-0.3, -0.25) is 10.1 Å². The van der Waals surface area contributed by atoms with Crippen molar-refractivity contribution in [1.82, 2.24) is 20.2 Å². The smallest absolute Gasteiger partial charge is 0.412 e. The lowest BCUT2D eigenvalue weighted by molar-refractivity contribution is -0.145. The molecule has 12 nitrogen and oxygen atoms in total. The first-order valence-corrected chi connectivity index (χ1v) is 10.3. The zero-order chi connectivity index (χ0) is 24.8. The SMILES string of the molecule is CCOC(=O)C(Nc1cc(C)c(C)cc1NC(=O)OC(C)(C)C)c1nnnn1CC(=O)OC. The number of esters is 2. The average molecular weight is 463 g/mol. The Balaban J connectivity index is 2.45. The van der Waals surface area contributed by atoms with Crippen LogP contribution in [0.1, 0.15) is 50.7 Å². The second-order valence-corrected chi connectivity index (χ2v) is 8.21. The quantitative estimate of drug-likeness (QED) is 0.443. The number of amides is 1. The molecule has 2 rings (SSSR count). The van der Waals surface area contributed by atoms with Gasteiger partial charge in [0.05, 0.1) is 25.1 Å². The molecule has 1 aromatic heterocycles. The molecule has 2 N–H and O–H groups in total. The van der Waals surface area contributed by atoms with Crippen molar-refractivity contribution in [2.24, 2.45) is 0 Å². The van der Waals surface area contributed by atoms with Crippen LogP contribution in [0.5, 0.6) is 0 Å². The van der Waals surface area contributed by atoms with Crippen molar-refractivity contribution < 1.29 is 28.6 Å². The summed E-state index contributed by atoms with van der Waals surface area (Å²) in [5.74, 6) is -1.22. The van der Waals surface area contributed by atoms with E-state index in [2.05, 4.69) is 30.9 Å². The van der Waals surface area contributed by atoms with E-state index >= 15 is 0 Å². The molecule has 12 heteroatoms. The van der Waals surface area contributed by atoms with Crippen LogP contribution in [-0.4, -0.2) is 57.6 Å². The number of aryl methyl sites for hydroxylation is 2. The second-order valence-electron chi connectivity index (χ2n) is 8.21. The lowest BCUT2D eigenvalue weighted by atomic mass is 10.1. The van der Waals surface area contributed by atoms with Crippen molar-refractivity contribution in [1.29, 1.82) is 0 Å². The zero-order valence-electron chi connectivity index (χ0n) is 19.9. The minimum absolute atomic E-state index is 0.0419. The summed E-state index contributed by atoms with van der Waals surface area (Å²) in [7, 11) is 1.23. The monoisotopic (exact) mass is 462 g/mol. The number of nitrogens with zero attached hydrogens (tertiary/aromatic N) is 4. The van der Waals surface area contributed by atoms with E-state index in [0.29, 0.717) is 11.4 Å². The third kappa shape index (κ3) is 7.16. The number of ether oxygens (including phenoxy) is 3. The van der Waals surface area contributed by atoms with Crippen LogP contribution in [0.2, 0.25) is 0 Å². The predicted octanol–water partition coefficient (Wildman–Crippen LogP) is 2.53. The topological polar surface area (TPSA) is 147 Å². The number of hydrogen-bond acceptors (Lipinski definition) is 10. The molecule has 1 heterocycles. The van der Waals surface area contributed by atoms with E-state index in [4.69, 9.17) is 9.47 Å². The average Bonchev–Trinajstić information content (AvgIpc) is 3.15. The van der Waals surface area contributed by atoms with Gasteiger partial charge >= 0.3 is 18.0 Å². The maximum Gasteiger partial charge on any atom is 0.412 e. The third-order valence-corrected chi connectivity index (χ3v) is 4.42. The number of hydrogen-bond donors (Lipinski definition) is 2. The van der Waals surface area contributed by atoms with Gasteiger partial charge in [-0.25, -0.2) is 14.3 Å². The molecule has 1 amide bonds. The Morgan fingerprint density at radius 2 is 1.76 bits per heavy atom. The van der Waals surface area contributed by atoms with Gasteiger partial charge in [-0.05, 0) is 75.2 Å². The molecule has 0 saturated heterocycles. The highest BCUT2D eigenvalue weighted by Crippen LogP contribution is 2.30. The fourth-order valence-electron chi connectivity index (χ4n) is 2.78. The van der Waals surface area contributed by atoms with Gasteiger partial charge in [0.25, 0.3) is 0 Å². The molecule has 2 aromatic rings. The third-order valence-electron chi connectivity index (χ3n) is 4.42. The molecule has 0 bridgehead atoms. The lowest BCUT2D eigenvalue weighted by Crippen LogP contribution is -2.30. The van der Waals surface area contributed by atoms with Crippen LogP contribution in [0.15, 0.2) is 12.1 Å². The minimum atomic E-state index is -1.18. The maximum atomic E-state index is 12.8. The highest BCUT2D eigenvalue weighted by Gasteiger charge is 2.30. The molecular formula is C21H30N6O6. The molecule has 0 aliphatic rings. The van der Waals surface area contributed by atoms with E-state index in [1.807, 2.05) is 13.8 Å². The number of anilines is 2. The molecule has 33 heavy (non-hydrogen) atoms. The zero-order valence-corrected chi connectivity index (χ0v) is 19.9. The fourth-order valence-corrected chi connectivity index (χ4v) is 2.78. The molecule has 1 aromatic carbocycles. The molecule has 0 radical (unpaired) electrons. The Hall–Kier alpha value is -3.70. The first-order valence-electron chi connectivity index (χ1n) is 10.3. The van der Waals surface area contributed by atoms with Crippen LogP contribution in [-0.2, 0) is 30.3 Å². The summed E-state index contributed by atoms with van der Waals surface area (Å²) >= 11 is 0. The van der Waals surface area contributed by atoms with E-state index in [0.717, 1.165) is 15.8 Å². The summed E-state index contributed by atoms with van der Waals surface area (Å²) in [5, 5.41) is 17.0. The predicted molar refractivity (Wildman–Crippen MR) is 119 cm³/mol. The molecule has 1 atom stereocenters. The molecular weight excluding hydrogens is 432 g/mol. The number of methoxy groups -OCH3 is 1. The number of benzene rings is 1. The van der Waals surface area contributed by atoms with Crippen LogP contribution in [0.25, 0.3) is 0 Å². The molecule has 0 saturated carbocycles. The van der Waals surface area contributed by atoms with E-state index in [1.54, 1.807) is 39.8 Å². The van der Waals surface area contributed by atoms with Gasteiger partial charge in [0, 0.05) is 0 Å². The van der Waals surface area contributed by atoms with Crippen molar-refractivity contribution in [2.45, 2.75) is 59.7 Å². The normalized spacial score (nSPS) is 12.0. The number of nitrogens with one attached hydrogen (secondary N) is 2. The van der Waals surface area contributed by atoms with Gasteiger partial charge in [-0.2, -0.15) is 0 Å². The summed E-state index contributed by atoms with van der Waals surface area (Å²) in [4.78, 5) is 36.9. The van der Waals surface area contributed by atoms with Crippen LogP contribution in [0, 0.1) is 13.8 Å². The Bertz CT molecular complexity index is 1010. The fraction of sp³-hybridized carbons (Fsp3) is 0.524. The van der Waals surface area contributed by atoms with Gasteiger partial charge in [-0.1, -0.05) is 0 Å². The van der Waals surface area contributed by atoms with Crippen LogP contribution < -0.4 is 10.6 Å². The number of rotatable bonds is 8. The van der Waals surface area contributed by atoms with E-state index < -0.39 is 29.7 Å². The standard InChI is InChI=1S/C21H30N6O6/c1-8-32-19(29)17(18-24-25-26-27(18)11-16(28)31-7)22-14-9-12(2)13(3)10-15(14)23-20(30)33-21(4,5)6/h9-10,17,22H,8,11H2,1-7H3,(H,23,30). The van der Waals surface area contributed by atoms with Crippen molar-refractivity contribution in [2.75, 3.05) is 24.4 Å². The van der Waals surface area contributed by atoms with Gasteiger partial charge in [-0.15, -0.1) is 5.10 Å². The van der Waals surface area contributed by atoms with Gasteiger partial charge in [0.2, 0.25) is 0 Å². The Morgan fingerprint density at radius 1 is 1.12 bits per heavy atom. The summed E-state index contributed by atoms with van der Waals surface area (Å²) < 4.78 is 16.3. The summed E-state index contributed by atoms with van der Waals surface area (Å²) in [6.07, 6.45) is -0.656. The Morgan fingerprint density at radius 3 is 2.33 bits per heavy atom. The van der Waals surface area contributed by atoms with Crippen molar-refractivity contribution in [3.8, 4) is 0 Å². The van der Waals surface area contributed by atoms with Crippen LogP contribution in [0.4, 0.5) is 16.2 Å². The van der Waals surface area contributed by atoms with Crippen molar-refractivity contribution >= 4 is 29.4 Å². The number of aromatic nitrogens is 4. The first-order chi connectivity index (χ1) is 15.4. The summed E-state index contributed by atoms with van der Waals surface area (Å²) in [6, 6.07) is 2.34. The Kier molecular flexibility index (Phi) is 8.32. The van der Waals surface area contributed by atoms with Crippen LogP contribution in [0.3, 0.4) is 0 Å². The van der Waals surface area contributed by atoms with Crippen LogP contribution >= 0.6 is 0 Å². The molecule has 1 unspecified atom stereocenters. The molecule has 0 aliphatic carbocycles. The van der Waals surface area contributed by atoms with Gasteiger partial charge in [0.1, 0.15) is 12.1 Å².